The number of nitrogens with one attached hydrogen (secondary N) is 3. The summed E-state index contributed by atoms with van der Waals surface area (Å²) in [6.45, 7) is -0.161. The van der Waals surface area contributed by atoms with E-state index in [0.717, 1.165) is 0 Å². The summed E-state index contributed by atoms with van der Waals surface area (Å²) < 4.78 is 46.3. The molecule has 32 heavy (non-hydrogen) atoms. The molecule has 3 rings (SSSR count). The minimum absolute atomic E-state index is 0.0800. The number of urea groups is 1. The smallest absolute Gasteiger partial charge is 0.319 e. The molecule has 174 valence electrons. The van der Waals surface area contributed by atoms with Crippen molar-refractivity contribution in [3.8, 4) is 0 Å². The number of benzene rings is 2. The van der Waals surface area contributed by atoms with E-state index in [-0.39, 0.29) is 24.2 Å². The van der Waals surface area contributed by atoms with Crippen LogP contribution in [0.4, 0.5) is 14.9 Å². The number of rotatable bonds is 8. The summed E-state index contributed by atoms with van der Waals surface area (Å²) in [7, 11) is -3.69. The first-order chi connectivity index (χ1) is 15.3. The first-order valence-electron chi connectivity index (χ1n) is 10.1. The molecule has 3 atom stereocenters. The first-order valence-corrected chi connectivity index (χ1v) is 12.0. The first kappa shape index (κ1) is 24.4. The van der Waals surface area contributed by atoms with Crippen LogP contribution >= 0.6 is 11.6 Å². The van der Waals surface area contributed by atoms with E-state index in [9.17, 15) is 22.7 Å². The molecule has 0 unspecified atom stereocenters. The predicted octanol–water partition coefficient (Wildman–Crippen LogP) is 2.88. The lowest BCUT2D eigenvalue weighted by molar-refractivity contribution is -0.0884. The topological polar surface area (TPSA) is 117 Å². The Morgan fingerprint density at radius 2 is 1.97 bits per heavy atom. The standard InChI is InChI=1S/C21H25ClFN3O5S/c22-14-3-1-6-18(11-14)32(29,30)24-10-9-17-7-8-19(20(13-27)31-17)26-21(28)25-16-5-2-4-15(23)12-16/h1-6,11-12,17,19-20,24,27H,7-10,13H2,(H2,25,26,28)/t17-,19+,20-/m0/s1. The number of carbonyl (C=O) groups is 1. The molecule has 0 aromatic heterocycles. The van der Waals surface area contributed by atoms with Crippen molar-refractivity contribution in [3.05, 3.63) is 59.4 Å². The molecule has 0 bridgehead atoms. The lowest BCUT2D eigenvalue weighted by Crippen LogP contribution is -2.52. The van der Waals surface area contributed by atoms with Gasteiger partial charge in [0.15, 0.2) is 0 Å². The van der Waals surface area contributed by atoms with Gasteiger partial charge in [0, 0.05) is 17.3 Å². The highest BCUT2D eigenvalue weighted by Crippen LogP contribution is 2.22. The van der Waals surface area contributed by atoms with E-state index in [2.05, 4.69) is 15.4 Å². The van der Waals surface area contributed by atoms with Crippen molar-refractivity contribution in [3.63, 3.8) is 0 Å². The number of anilines is 1. The third-order valence-corrected chi connectivity index (χ3v) is 6.75. The third-order valence-electron chi connectivity index (χ3n) is 5.06. The van der Waals surface area contributed by atoms with E-state index in [1.807, 2.05) is 0 Å². The Labute approximate surface area is 191 Å². The predicted molar refractivity (Wildman–Crippen MR) is 119 cm³/mol. The minimum atomic E-state index is -3.69. The van der Waals surface area contributed by atoms with Crippen molar-refractivity contribution in [2.75, 3.05) is 18.5 Å². The molecule has 11 heteroatoms. The van der Waals surface area contributed by atoms with Crippen LogP contribution in [0.25, 0.3) is 0 Å². The fourth-order valence-electron chi connectivity index (χ4n) is 3.48. The molecule has 1 aliphatic heterocycles. The molecule has 1 saturated heterocycles. The number of aliphatic hydroxyl groups is 1. The number of carbonyl (C=O) groups excluding carboxylic acids is 1. The van der Waals surface area contributed by atoms with E-state index in [1.54, 1.807) is 18.2 Å². The van der Waals surface area contributed by atoms with Gasteiger partial charge in [-0.15, -0.1) is 0 Å². The summed E-state index contributed by atoms with van der Waals surface area (Å²) in [5.41, 5.74) is 0.310. The number of ether oxygens (including phenoxy) is 1. The summed E-state index contributed by atoms with van der Waals surface area (Å²) in [5.74, 6) is -0.467. The van der Waals surface area contributed by atoms with E-state index in [0.29, 0.717) is 30.0 Å². The van der Waals surface area contributed by atoms with Gasteiger partial charge in [-0.1, -0.05) is 23.7 Å². The Morgan fingerprint density at radius 3 is 2.69 bits per heavy atom. The van der Waals surface area contributed by atoms with Gasteiger partial charge >= 0.3 is 6.03 Å². The number of amides is 2. The van der Waals surface area contributed by atoms with Gasteiger partial charge in [0.2, 0.25) is 10.0 Å². The maximum atomic E-state index is 13.3. The van der Waals surface area contributed by atoms with Gasteiger partial charge in [-0.3, -0.25) is 0 Å². The number of aliphatic hydroxyl groups excluding tert-OH is 1. The lowest BCUT2D eigenvalue weighted by Gasteiger charge is -2.36. The van der Waals surface area contributed by atoms with Crippen LogP contribution < -0.4 is 15.4 Å². The molecule has 1 fully saturated rings. The summed E-state index contributed by atoms with van der Waals surface area (Å²) in [5, 5.41) is 15.3. The molecule has 1 heterocycles. The van der Waals surface area contributed by atoms with Crippen molar-refractivity contribution >= 4 is 33.3 Å². The number of sulfonamides is 1. The van der Waals surface area contributed by atoms with E-state index < -0.39 is 34.0 Å². The zero-order chi connectivity index (χ0) is 23.1. The normalized spacial score (nSPS) is 21.2. The molecule has 2 amide bonds. The Hall–Kier alpha value is -2.24. The summed E-state index contributed by atoms with van der Waals surface area (Å²) in [4.78, 5) is 12.3. The quantitative estimate of drug-likeness (QED) is 0.458. The van der Waals surface area contributed by atoms with Gasteiger partial charge < -0.3 is 20.5 Å². The highest BCUT2D eigenvalue weighted by Gasteiger charge is 2.32. The van der Waals surface area contributed by atoms with Gasteiger partial charge in [-0.25, -0.2) is 22.3 Å². The summed E-state index contributed by atoms with van der Waals surface area (Å²) in [6, 6.07) is 10.5. The highest BCUT2D eigenvalue weighted by molar-refractivity contribution is 7.89. The average molecular weight is 486 g/mol. The van der Waals surface area contributed by atoms with Gasteiger partial charge in [-0.05, 0) is 55.7 Å². The van der Waals surface area contributed by atoms with Crippen molar-refractivity contribution in [1.82, 2.24) is 10.0 Å². The number of hydrogen-bond donors (Lipinski definition) is 4. The number of hydrogen-bond acceptors (Lipinski definition) is 5. The summed E-state index contributed by atoms with van der Waals surface area (Å²) in [6.07, 6.45) is 0.585. The largest absolute Gasteiger partial charge is 0.394 e. The van der Waals surface area contributed by atoms with Crippen molar-refractivity contribution in [2.45, 2.75) is 42.4 Å². The molecule has 4 N–H and O–H groups in total. The Balaban J connectivity index is 1.47. The molecule has 0 spiro atoms. The molecular weight excluding hydrogens is 461 g/mol. The van der Waals surface area contributed by atoms with E-state index in [4.69, 9.17) is 16.3 Å². The van der Waals surface area contributed by atoms with Crippen LogP contribution in [0.15, 0.2) is 53.4 Å². The highest BCUT2D eigenvalue weighted by atomic mass is 35.5. The third kappa shape index (κ3) is 6.88. The monoisotopic (exact) mass is 485 g/mol. The fourth-order valence-corrected chi connectivity index (χ4v) is 4.83. The molecule has 2 aromatic carbocycles. The molecule has 1 aliphatic rings. The van der Waals surface area contributed by atoms with Crippen LogP contribution in [0.1, 0.15) is 19.3 Å². The molecule has 0 aliphatic carbocycles. The second-order valence-corrected chi connectivity index (χ2v) is 9.62. The molecule has 0 saturated carbocycles. The van der Waals surface area contributed by atoms with Gasteiger partial charge in [-0.2, -0.15) is 0 Å². The Kier molecular flexibility index (Phi) is 8.44. The fraction of sp³-hybridized carbons (Fsp3) is 0.381. The van der Waals surface area contributed by atoms with Gasteiger partial charge in [0.05, 0.1) is 23.6 Å². The van der Waals surface area contributed by atoms with E-state index in [1.165, 1.54) is 30.3 Å². The molecule has 0 radical (unpaired) electrons. The van der Waals surface area contributed by atoms with Crippen LogP contribution in [0.5, 0.6) is 0 Å². The van der Waals surface area contributed by atoms with Crippen molar-refractivity contribution < 1.29 is 27.4 Å². The minimum Gasteiger partial charge on any atom is -0.394 e. The van der Waals surface area contributed by atoms with Crippen LogP contribution in [0, 0.1) is 5.82 Å². The maximum Gasteiger partial charge on any atom is 0.319 e. The van der Waals surface area contributed by atoms with Crippen LogP contribution in [0.2, 0.25) is 5.02 Å². The van der Waals surface area contributed by atoms with Gasteiger partial charge in [0.1, 0.15) is 11.9 Å². The number of halogens is 2. The zero-order valence-electron chi connectivity index (χ0n) is 17.1. The molecule has 2 aromatic rings. The summed E-state index contributed by atoms with van der Waals surface area (Å²) >= 11 is 5.85. The Morgan fingerprint density at radius 1 is 1.19 bits per heavy atom. The Bertz CT molecular complexity index is 1040. The van der Waals surface area contributed by atoms with E-state index >= 15 is 0 Å². The second kappa shape index (κ2) is 11.1. The van der Waals surface area contributed by atoms with Crippen LogP contribution in [-0.2, 0) is 14.8 Å². The maximum absolute atomic E-state index is 13.3. The van der Waals surface area contributed by atoms with Gasteiger partial charge in [0.25, 0.3) is 0 Å². The molecular formula is C21H25ClFN3O5S. The van der Waals surface area contributed by atoms with Crippen LogP contribution in [-0.4, -0.2) is 51.0 Å². The lowest BCUT2D eigenvalue weighted by atomic mass is 9.97. The van der Waals surface area contributed by atoms with Crippen LogP contribution in [0.3, 0.4) is 0 Å². The van der Waals surface area contributed by atoms with Crippen molar-refractivity contribution in [2.24, 2.45) is 0 Å². The second-order valence-electron chi connectivity index (χ2n) is 7.42. The molecule has 8 nitrogen and oxygen atoms in total. The zero-order valence-corrected chi connectivity index (χ0v) is 18.7. The average Bonchev–Trinajstić information content (AvgIpc) is 2.74. The SMILES string of the molecule is O=C(Nc1cccc(F)c1)N[C@@H]1CC[C@@H](CCNS(=O)(=O)c2cccc(Cl)c2)O[C@H]1CO. The van der Waals surface area contributed by atoms with Crippen molar-refractivity contribution in [1.29, 1.82) is 0 Å².